The van der Waals surface area contributed by atoms with E-state index < -0.39 is 0 Å². The van der Waals surface area contributed by atoms with E-state index in [0.717, 1.165) is 37.4 Å². The van der Waals surface area contributed by atoms with Crippen LogP contribution in [0, 0.1) is 23.2 Å². The third-order valence-corrected chi connectivity index (χ3v) is 5.20. The zero-order chi connectivity index (χ0) is 13.6. The summed E-state index contributed by atoms with van der Waals surface area (Å²) in [6.07, 6.45) is 3.07. The molecule has 2 fully saturated rings. The maximum absolute atomic E-state index is 12.2. The minimum atomic E-state index is 0.137. The average molecular weight is 275 g/mol. The van der Waals surface area contributed by atoms with Gasteiger partial charge in [0, 0.05) is 19.0 Å². The van der Waals surface area contributed by atoms with Crippen LogP contribution in [0.1, 0.15) is 41.4 Å². The first-order chi connectivity index (χ1) is 9.11. The molecule has 1 unspecified atom stereocenters. The highest BCUT2D eigenvalue weighted by molar-refractivity contribution is 7.19. The van der Waals surface area contributed by atoms with Crippen LogP contribution in [0.25, 0.3) is 0 Å². The van der Waals surface area contributed by atoms with Gasteiger partial charge in [0.2, 0.25) is 0 Å². The van der Waals surface area contributed by atoms with Crippen LogP contribution >= 0.6 is 11.3 Å². The normalized spacial score (nSPS) is 22.5. The molecule has 1 saturated heterocycles. The minimum absolute atomic E-state index is 0.137. The highest BCUT2D eigenvalue weighted by Gasteiger charge is 2.35. The summed E-state index contributed by atoms with van der Waals surface area (Å²) in [5.74, 6) is 0.924. The number of ketones is 1. The van der Waals surface area contributed by atoms with E-state index in [1.165, 1.54) is 11.3 Å². The largest absolute Gasteiger partial charge is 0.396 e. The number of nitriles is 1. The van der Waals surface area contributed by atoms with Crippen molar-refractivity contribution in [3.05, 3.63) is 10.4 Å². The van der Waals surface area contributed by atoms with Gasteiger partial charge in [-0.05, 0) is 25.2 Å². The number of carbonyl (C=O) groups excluding carboxylic acids is 1. The summed E-state index contributed by atoms with van der Waals surface area (Å²) in [5.41, 5.74) is 6.93. The Morgan fingerprint density at radius 3 is 2.74 bits per heavy atom. The fraction of sp³-hybridized carbons (Fsp3) is 0.571. The predicted octanol–water partition coefficient (Wildman–Crippen LogP) is 2.64. The monoisotopic (exact) mass is 275 g/mol. The van der Waals surface area contributed by atoms with Gasteiger partial charge in [-0.3, -0.25) is 4.79 Å². The Labute approximate surface area is 116 Å². The fourth-order valence-electron chi connectivity index (χ4n) is 2.60. The SMILES string of the molecule is CC1CCN(c2sc(C(=O)C3CC3)c(N)c2C#N)C1. The molecular weight excluding hydrogens is 258 g/mol. The molecule has 1 atom stereocenters. The van der Waals surface area contributed by atoms with Gasteiger partial charge in [0.1, 0.15) is 16.6 Å². The van der Waals surface area contributed by atoms with Crippen molar-refractivity contribution in [2.75, 3.05) is 23.7 Å². The van der Waals surface area contributed by atoms with Crippen molar-refractivity contribution in [3.63, 3.8) is 0 Å². The summed E-state index contributed by atoms with van der Waals surface area (Å²) in [5, 5.41) is 10.2. The molecule has 2 N–H and O–H groups in total. The van der Waals surface area contributed by atoms with E-state index in [0.29, 0.717) is 22.0 Å². The van der Waals surface area contributed by atoms with E-state index in [-0.39, 0.29) is 11.7 Å². The number of nitrogen functional groups attached to an aromatic ring is 1. The zero-order valence-electron chi connectivity index (χ0n) is 11.0. The molecule has 2 aliphatic rings. The Morgan fingerprint density at radius 2 is 2.21 bits per heavy atom. The standard InChI is InChI=1S/C14H17N3OS/c1-8-4-5-17(7-8)14-10(6-15)11(16)13(19-14)12(18)9-2-3-9/h8-9H,2-5,7,16H2,1H3. The van der Waals surface area contributed by atoms with Gasteiger partial charge in [-0.1, -0.05) is 6.92 Å². The van der Waals surface area contributed by atoms with Crippen molar-refractivity contribution in [1.29, 1.82) is 5.26 Å². The highest BCUT2D eigenvalue weighted by Crippen LogP contribution is 2.43. The second-order valence-corrected chi connectivity index (χ2v) is 6.61. The molecule has 0 bridgehead atoms. The minimum Gasteiger partial charge on any atom is -0.396 e. The lowest BCUT2D eigenvalue weighted by atomic mass is 10.1. The first kappa shape index (κ1) is 12.5. The number of hydrogen-bond acceptors (Lipinski definition) is 5. The van der Waals surface area contributed by atoms with E-state index in [1.54, 1.807) is 0 Å². The van der Waals surface area contributed by atoms with E-state index in [2.05, 4.69) is 17.9 Å². The van der Waals surface area contributed by atoms with Crippen molar-refractivity contribution in [2.45, 2.75) is 26.2 Å². The molecular formula is C14H17N3OS. The van der Waals surface area contributed by atoms with Gasteiger partial charge in [0.25, 0.3) is 0 Å². The first-order valence-corrected chi connectivity index (χ1v) is 7.55. The van der Waals surface area contributed by atoms with Gasteiger partial charge in [-0.2, -0.15) is 5.26 Å². The van der Waals surface area contributed by atoms with Crippen molar-refractivity contribution in [2.24, 2.45) is 11.8 Å². The number of carbonyl (C=O) groups is 1. The van der Waals surface area contributed by atoms with Gasteiger partial charge >= 0.3 is 0 Å². The Kier molecular flexibility index (Phi) is 2.98. The molecule has 5 heteroatoms. The van der Waals surface area contributed by atoms with Gasteiger partial charge < -0.3 is 10.6 Å². The number of rotatable bonds is 3. The third kappa shape index (κ3) is 2.10. The van der Waals surface area contributed by atoms with Crippen LogP contribution in [0.5, 0.6) is 0 Å². The van der Waals surface area contributed by atoms with Crippen molar-refractivity contribution in [3.8, 4) is 6.07 Å². The lowest BCUT2D eigenvalue weighted by molar-refractivity contribution is 0.0972. The summed E-state index contributed by atoms with van der Waals surface area (Å²) >= 11 is 1.42. The quantitative estimate of drug-likeness (QED) is 0.861. The smallest absolute Gasteiger partial charge is 0.178 e. The molecule has 1 saturated carbocycles. The maximum atomic E-state index is 12.2. The molecule has 0 amide bonds. The number of anilines is 2. The molecule has 4 nitrogen and oxygen atoms in total. The zero-order valence-corrected chi connectivity index (χ0v) is 11.8. The third-order valence-electron chi connectivity index (χ3n) is 3.92. The van der Waals surface area contributed by atoms with Crippen LogP contribution in [-0.2, 0) is 0 Å². The molecule has 1 aliphatic carbocycles. The molecule has 0 spiro atoms. The topological polar surface area (TPSA) is 70.1 Å². The van der Waals surface area contributed by atoms with E-state index in [4.69, 9.17) is 5.73 Å². The Bertz CT molecular complexity index is 568. The summed E-state index contributed by atoms with van der Waals surface area (Å²) in [7, 11) is 0. The number of nitrogens with zero attached hydrogens (tertiary/aromatic N) is 2. The van der Waals surface area contributed by atoms with Crippen molar-refractivity contribution in [1.82, 2.24) is 0 Å². The molecule has 0 aromatic carbocycles. The van der Waals surface area contributed by atoms with Gasteiger partial charge in [0.15, 0.2) is 5.78 Å². The van der Waals surface area contributed by atoms with E-state index >= 15 is 0 Å². The number of thiophene rings is 1. The van der Waals surface area contributed by atoms with Crippen LogP contribution in [0.4, 0.5) is 10.7 Å². The average Bonchev–Trinajstić information content (AvgIpc) is 3.07. The molecule has 0 radical (unpaired) electrons. The van der Waals surface area contributed by atoms with Crippen LogP contribution < -0.4 is 10.6 Å². The lowest BCUT2D eigenvalue weighted by Gasteiger charge is -2.15. The molecule has 19 heavy (non-hydrogen) atoms. The van der Waals surface area contributed by atoms with Crippen LogP contribution in [0.2, 0.25) is 0 Å². The van der Waals surface area contributed by atoms with Crippen LogP contribution in [0.15, 0.2) is 0 Å². The number of Topliss-reactive ketones (excluding diaryl/α,β-unsaturated/α-hetero) is 1. The Balaban J connectivity index is 1.97. The maximum Gasteiger partial charge on any atom is 0.178 e. The van der Waals surface area contributed by atoms with Gasteiger partial charge in [0.05, 0.1) is 10.6 Å². The number of nitrogens with two attached hydrogens (primary N) is 1. The molecule has 1 aromatic rings. The van der Waals surface area contributed by atoms with Gasteiger partial charge in [-0.25, -0.2) is 0 Å². The lowest BCUT2D eigenvalue weighted by Crippen LogP contribution is -2.18. The Hall–Kier alpha value is -1.54. The summed E-state index contributed by atoms with van der Waals surface area (Å²) in [6, 6.07) is 2.18. The first-order valence-electron chi connectivity index (χ1n) is 6.73. The van der Waals surface area contributed by atoms with Crippen molar-refractivity contribution < 1.29 is 4.79 Å². The fourth-order valence-corrected chi connectivity index (χ4v) is 3.82. The summed E-state index contributed by atoms with van der Waals surface area (Å²) in [6.45, 7) is 4.11. The summed E-state index contributed by atoms with van der Waals surface area (Å²) < 4.78 is 0. The molecule has 1 aliphatic heterocycles. The summed E-state index contributed by atoms with van der Waals surface area (Å²) in [4.78, 5) is 15.0. The second-order valence-electron chi connectivity index (χ2n) is 5.62. The Morgan fingerprint density at radius 1 is 1.47 bits per heavy atom. The van der Waals surface area contributed by atoms with Crippen LogP contribution in [0.3, 0.4) is 0 Å². The van der Waals surface area contributed by atoms with E-state index in [9.17, 15) is 10.1 Å². The molecule has 2 heterocycles. The molecule has 100 valence electrons. The molecule has 3 rings (SSSR count). The van der Waals surface area contributed by atoms with Gasteiger partial charge in [-0.15, -0.1) is 11.3 Å². The van der Waals surface area contributed by atoms with E-state index in [1.807, 2.05) is 0 Å². The number of hydrogen-bond donors (Lipinski definition) is 1. The second kappa shape index (κ2) is 4.53. The van der Waals surface area contributed by atoms with Crippen molar-refractivity contribution >= 4 is 27.8 Å². The van der Waals surface area contributed by atoms with Crippen LogP contribution in [-0.4, -0.2) is 18.9 Å². The highest BCUT2D eigenvalue weighted by atomic mass is 32.1. The molecule has 1 aromatic heterocycles. The predicted molar refractivity (Wildman–Crippen MR) is 76.5 cm³/mol.